The largest absolute Gasteiger partial charge is 0.497 e. The van der Waals surface area contributed by atoms with Gasteiger partial charge in [0.05, 0.1) is 12.0 Å². The van der Waals surface area contributed by atoms with E-state index in [1.54, 1.807) is 42.6 Å². The number of methoxy groups -OCH3 is 1. The van der Waals surface area contributed by atoms with E-state index in [0.717, 1.165) is 27.6 Å². The number of benzene rings is 3. The minimum Gasteiger partial charge on any atom is -0.497 e. The van der Waals surface area contributed by atoms with Crippen molar-refractivity contribution in [3.63, 3.8) is 0 Å². The van der Waals surface area contributed by atoms with Gasteiger partial charge in [0.1, 0.15) is 5.75 Å². The van der Waals surface area contributed by atoms with E-state index in [9.17, 15) is 13.2 Å². The van der Waals surface area contributed by atoms with E-state index in [4.69, 9.17) is 4.74 Å². The maximum atomic E-state index is 13.3. The first kappa shape index (κ1) is 23.0. The van der Waals surface area contributed by atoms with E-state index in [2.05, 4.69) is 4.98 Å². The van der Waals surface area contributed by atoms with Crippen molar-refractivity contribution < 1.29 is 17.9 Å². The van der Waals surface area contributed by atoms with Gasteiger partial charge in [-0.1, -0.05) is 24.3 Å². The molecule has 2 heterocycles. The van der Waals surface area contributed by atoms with E-state index < -0.39 is 10.0 Å². The van der Waals surface area contributed by atoms with Crippen molar-refractivity contribution in [1.82, 2.24) is 14.2 Å². The molecule has 35 heavy (non-hydrogen) atoms. The van der Waals surface area contributed by atoms with Crippen molar-refractivity contribution in [2.45, 2.75) is 4.90 Å². The molecule has 0 spiro atoms. The molecule has 0 bridgehead atoms. The summed E-state index contributed by atoms with van der Waals surface area (Å²) >= 11 is 0. The van der Waals surface area contributed by atoms with E-state index in [1.165, 1.54) is 4.31 Å². The Balaban J connectivity index is 1.26. The van der Waals surface area contributed by atoms with Crippen LogP contribution in [0.4, 0.5) is 0 Å². The summed E-state index contributed by atoms with van der Waals surface area (Å²) in [4.78, 5) is 19.0. The summed E-state index contributed by atoms with van der Waals surface area (Å²) in [5.41, 5.74) is 2.63. The number of piperazine rings is 1. The van der Waals surface area contributed by atoms with Gasteiger partial charge in [0.2, 0.25) is 10.0 Å². The number of hydrogen-bond acceptors (Lipinski definition) is 5. The molecule has 0 N–H and O–H groups in total. The van der Waals surface area contributed by atoms with Crippen LogP contribution in [-0.4, -0.2) is 61.8 Å². The topological polar surface area (TPSA) is 79.8 Å². The highest BCUT2D eigenvalue weighted by molar-refractivity contribution is 7.89. The lowest BCUT2D eigenvalue weighted by molar-refractivity contribution is 0.0698. The van der Waals surface area contributed by atoms with Crippen molar-refractivity contribution >= 4 is 26.7 Å². The molecule has 0 radical (unpaired) electrons. The van der Waals surface area contributed by atoms with Crippen molar-refractivity contribution in [1.29, 1.82) is 0 Å². The first-order valence-corrected chi connectivity index (χ1v) is 12.8. The summed E-state index contributed by atoms with van der Waals surface area (Å²) in [6, 6.07) is 21.9. The average molecular weight is 488 g/mol. The third-order valence-corrected chi connectivity index (χ3v) is 8.22. The van der Waals surface area contributed by atoms with Gasteiger partial charge in [-0.3, -0.25) is 9.78 Å². The van der Waals surface area contributed by atoms with Gasteiger partial charge in [-0.25, -0.2) is 8.42 Å². The molecule has 1 aliphatic heterocycles. The van der Waals surface area contributed by atoms with Crippen LogP contribution < -0.4 is 4.74 Å². The average Bonchev–Trinajstić information content (AvgIpc) is 2.92. The smallest absolute Gasteiger partial charge is 0.253 e. The standard InChI is InChI=1S/C27H25N3O4S/c1-34-25-8-6-24-19-26(9-7-23(24)18-25)35(32,33)30-16-14-29(15-17-30)27(31)22-4-2-20(3-5-22)21-10-12-28-13-11-21/h2-13,18-19H,14-17H2,1H3. The molecule has 0 atom stereocenters. The summed E-state index contributed by atoms with van der Waals surface area (Å²) in [5.74, 6) is 0.629. The Morgan fingerprint density at radius 3 is 2.11 bits per heavy atom. The number of carbonyl (C=O) groups is 1. The lowest BCUT2D eigenvalue weighted by Crippen LogP contribution is -2.50. The number of pyridine rings is 1. The molecule has 8 heteroatoms. The molecule has 0 saturated carbocycles. The lowest BCUT2D eigenvalue weighted by Gasteiger charge is -2.34. The highest BCUT2D eigenvalue weighted by Gasteiger charge is 2.30. The van der Waals surface area contributed by atoms with Crippen molar-refractivity contribution in [3.05, 3.63) is 90.8 Å². The number of fused-ring (bicyclic) bond motifs is 1. The Kier molecular flexibility index (Phi) is 6.23. The first-order chi connectivity index (χ1) is 17.0. The summed E-state index contributed by atoms with van der Waals surface area (Å²) < 4.78 is 33.2. The highest BCUT2D eigenvalue weighted by Crippen LogP contribution is 2.26. The molecule has 5 rings (SSSR count). The van der Waals surface area contributed by atoms with Gasteiger partial charge in [0.25, 0.3) is 5.91 Å². The Labute approximate surface area is 204 Å². The second-order valence-electron chi connectivity index (χ2n) is 8.38. The second kappa shape index (κ2) is 9.48. The SMILES string of the molecule is COc1ccc2cc(S(=O)(=O)N3CCN(C(=O)c4ccc(-c5ccncc5)cc4)CC3)ccc2c1. The molecule has 1 amide bonds. The molecule has 1 saturated heterocycles. The van der Waals surface area contributed by atoms with Crippen molar-refractivity contribution in [2.24, 2.45) is 0 Å². The van der Waals surface area contributed by atoms with Gasteiger partial charge in [0.15, 0.2) is 0 Å². The van der Waals surface area contributed by atoms with Crippen LogP contribution in [0.5, 0.6) is 5.75 Å². The third-order valence-electron chi connectivity index (χ3n) is 6.33. The summed E-state index contributed by atoms with van der Waals surface area (Å²) in [7, 11) is -2.06. The molecule has 1 aromatic heterocycles. The summed E-state index contributed by atoms with van der Waals surface area (Å²) in [6.07, 6.45) is 3.47. The zero-order valence-electron chi connectivity index (χ0n) is 19.3. The number of carbonyl (C=O) groups excluding carboxylic acids is 1. The van der Waals surface area contributed by atoms with Crippen molar-refractivity contribution in [2.75, 3.05) is 33.3 Å². The molecule has 178 valence electrons. The van der Waals surface area contributed by atoms with Crippen LogP contribution in [0.15, 0.2) is 90.1 Å². The first-order valence-electron chi connectivity index (χ1n) is 11.3. The molecular formula is C27H25N3O4S. The molecule has 0 unspecified atom stereocenters. The maximum absolute atomic E-state index is 13.3. The molecule has 1 fully saturated rings. The second-order valence-corrected chi connectivity index (χ2v) is 10.3. The predicted octanol–water partition coefficient (Wildman–Crippen LogP) is 4.06. The molecule has 7 nitrogen and oxygen atoms in total. The van der Waals surface area contributed by atoms with Crippen LogP contribution in [-0.2, 0) is 10.0 Å². The Morgan fingerprint density at radius 2 is 1.43 bits per heavy atom. The van der Waals surface area contributed by atoms with Crippen molar-refractivity contribution in [3.8, 4) is 16.9 Å². The van der Waals surface area contributed by atoms with E-state index in [-0.39, 0.29) is 23.9 Å². The third kappa shape index (κ3) is 4.62. The highest BCUT2D eigenvalue weighted by atomic mass is 32.2. The number of rotatable bonds is 5. The molecule has 4 aromatic rings. The fraction of sp³-hybridized carbons (Fsp3) is 0.185. The minimum atomic E-state index is -3.66. The number of ether oxygens (including phenoxy) is 1. The Bertz CT molecular complexity index is 1460. The monoisotopic (exact) mass is 487 g/mol. The lowest BCUT2D eigenvalue weighted by atomic mass is 10.0. The van der Waals surface area contributed by atoms with Crippen LogP contribution >= 0.6 is 0 Å². The van der Waals surface area contributed by atoms with Crippen LogP contribution in [0.1, 0.15) is 10.4 Å². The number of hydrogen-bond donors (Lipinski definition) is 0. The molecule has 0 aliphatic carbocycles. The molecule has 3 aromatic carbocycles. The normalized spacial score (nSPS) is 14.7. The quantitative estimate of drug-likeness (QED) is 0.424. The number of aromatic nitrogens is 1. The van der Waals surface area contributed by atoms with E-state index in [0.29, 0.717) is 18.7 Å². The summed E-state index contributed by atoms with van der Waals surface area (Å²) in [6.45, 7) is 1.19. The van der Waals surface area contributed by atoms with Gasteiger partial charge >= 0.3 is 0 Å². The Morgan fingerprint density at radius 1 is 0.800 bits per heavy atom. The zero-order valence-corrected chi connectivity index (χ0v) is 20.1. The van der Waals surface area contributed by atoms with Gasteiger partial charge in [-0.2, -0.15) is 4.31 Å². The van der Waals surface area contributed by atoms with Crippen LogP contribution in [0.3, 0.4) is 0 Å². The van der Waals surface area contributed by atoms with E-state index >= 15 is 0 Å². The van der Waals surface area contributed by atoms with Gasteiger partial charge in [-0.15, -0.1) is 0 Å². The van der Waals surface area contributed by atoms with Crippen LogP contribution in [0.25, 0.3) is 21.9 Å². The Hall–Kier alpha value is -3.75. The fourth-order valence-electron chi connectivity index (χ4n) is 4.30. The zero-order chi connectivity index (χ0) is 24.4. The van der Waals surface area contributed by atoms with Gasteiger partial charge in [-0.05, 0) is 70.4 Å². The van der Waals surface area contributed by atoms with Crippen LogP contribution in [0, 0.1) is 0 Å². The molecular weight excluding hydrogens is 462 g/mol. The van der Waals surface area contributed by atoms with E-state index in [1.807, 2.05) is 54.6 Å². The van der Waals surface area contributed by atoms with Crippen LogP contribution in [0.2, 0.25) is 0 Å². The minimum absolute atomic E-state index is 0.0945. The summed E-state index contributed by atoms with van der Waals surface area (Å²) in [5, 5.41) is 1.74. The number of sulfonamides is 1. The molecule has 1 aliphatic rings. The number of amides is 1. The number of nitrogens with zero attached hydrogens (tertiary/aromatic N) is 3. The maximum Gasteiger partial charge on any atom is 0.253 e. The fourth-order valence-corrected chi connectivity index (χ4v) is 5.76. The van der Waals surface area contributed by atoms with Gasteiger partial charge < -0.3 is 9.64 Å². The predicted molar refractivity (Wildman–Crippen MR) is 135 cm³/mol. The van der Waals surface area contributed by atoms with Gasteiger partial charge in [0, 0.05) is 44.1 Å².